The van der Waals surface area contributed by atoms with Crippen molar-refractivity contribution in [3.63, 3.8) is 0 Å². The molecule has 3 aromatic rings. The number of rotatable bonds is 7. The maximum atomic E-state index is 13.3. The first-order chi connectivity index (χ1) is 15.9. The SMILES string of the molecule is CCc1cc(-n2cc(Cl)cn2)cc(C)c1C1C(=O)C(CCNC(=O)c2ccccn2)CC1O. The summed E-state index contributed by atoms with van der Waals surface area (Å²) in [6, 6.07) is 9.12. The van der Waals surface area contributed by atoms with Crippen LogP contribution in [0, 0.1) is 12.8 Å². The van der Waals surface area contributed by atoms with Crippen molar-refractivity contribution < 1.29 is 14.7 Å². The van der Waals surface area contributed by atoms with Crippen LogP contribution in [0.4, 0.5) is 0 Å². The van der Waals surface area contributed by atoms with E-state index < -0.39 is 12.0 Å². The summed E-state index contributed by atoms with van der Waals surface area (Å²) in [5.41, 5.74) is 4.07. The topological polar surface area (TPSA) is 97.1 Å². The molecular formula is C25H27ClN4O3. The molecule has 0 bridgehead atoms. The molecule has 7 nitrogen and oxygen atoms in total. The van der Waals surface area contributed by atoms with Gasteiger partial charge in [-0.25, -0.2) is 4.68 Å². The van der Waals surface area contributed by atoms with Crippen LogP contribution in [0.1, 0.15) is 52.9 Å². The van der Waals surface area contributed by atoms with Crippen LogP contribution in [-0.2, 0) is 11.2 Å². The van der Waals surface area contributed by atoms with Gasteiger partial charge in [-0.1, -0.05) is 24.6 Å². The minimum Gasteiger partial charge on any atom is -0.392 e. The zero-order valence-corrected chi connectivity index (χ0v) is 19.4. The summed E-state index contributed by atoms with van der Waals surface area (Å²) < 4.78 is 1.71. The standard InChI is InChI=1S/C25H27ClN4O3/c1-3-16-11-19(30-14-18(26)13-29-30)10-15(2)22(16)23-21(31)12-17(24(23)32)7-9-28-25(33)20-6-4-5-8-27-20/h4-6,8,10-11,13-14,17,21,23,31H,3,7,9,12H2,1-2H3,(H,28,33). The van der Waals surface area contributed by atoms with Crippen molar-refractivity contribution in [2.45, 2.75) is 45.1 Å². The third-order valence-electron chi connectivity index (χ3n) is 6.26. The lowest BCUT2D eigenvalue weighted by Crippen LogP contribution is -2.28. The van der Waals surface area contributed by atoms with E-state index in [0.29, 0.717) is 30.1 Å². The molecule has 3 unspecified atom stereocenters. The highest BCUT2D eigenvalue weighted by Gasteiger charge is 2.43. The first kappa shape index (κ1) is 23.1. The largest absolute Gasteiger partial charge is 0.392 e. The van der Waals surface area contributed by atoms with Crippen LogP contribution in [-0.4, -0.2) is 44.2 Å². The van der Waals surface area contributed by atoms with Crippen molar-refractivity contribution in [1.29, 1.82) is 0 Å². The van der Waals surface area contributed by atoms with Crippen molar-refractivity contribution in [3.05, 3.63) is 76.3 Å². The van der Waals surface area contributed by atoms with Gasteiger partial charge in [0.1, 0.15) is 11.5 Å². The Morgan fingerprint density at radius 2 is 2.15 bits per heavy atom. The number of carbonyl (C=O) groups excluding carboxylic acids is 2. The van der Waals surface area contributed by atoms with Crippen molar-refractivity contribution >= 4 is 23.3 Å². The fourth-order valence-electron chi connectivity index (χ4n) is 4.69. The van der Waals surface area contributed by atoms with E-state index in [0.717, 1.165) is 28.8 Å². The Kier molecular flexibility index (Phi) is 6.91. The number of aliphatic hydroxyl groups is 1. The maximum Gasteiger partial charge on any atom is 0.269 e. The molecule has 33 heavy (non-hydrogen) atoms. The highest BCUT2D eigenvalue weighted by Crippen LogP contribution is 2.40. The number of hydrogen-bond donors (Lipinski definition) is 2. The number of aromatic nitrogens is 3. The van der Waals surface area contributed by atoms with Gasteiger partial charge in [-0.2, -0.15) is 5.10 Å². The van der Waals surface area contributed by atoms with Gasteiger partial charge in [0.15, 0.2) is 0 Å². The number of nitrogens with zero attached hydrogens (tertiary/aromatic N) is 3. The fraction of sp³-hybridized carbons (Fsp3) is 0.360. The fourth-order valence-corrected chi connectivity index (χ4v) is 4.83. The highest BCUT2D eigenvalue weighted by molar-refractivity contribution is 6.30. The molecule has 172 valence electrons. The molecule has 0 spiro atoms. The molecule has 1 fully saturated rings. The van der Waals surface area contributed by atoms with Gasteiger partial charge in [-0.05, 0) is 67.1 Å². The van der Waals surface area contributed by atoms with E-state index in [1.807, 2.05) is 26.0 Å². The van der Waals surface area contributed by atoms with Crippen LogP contribution in [0.2, 0.25) is 5.02 Å². The molecule has 1 aliphatic rings. The Morgan fingerprint density at radius 3 is 2.82 bits per heavy atom. The molecule has 0 saturated heterocycles. The molecule has 3 atom stereocenters. The Balaban J connectivity index is 1.49. The third kappa shape index (κ3) is 4.84. The predicted octanol–water partition coefficient (Wildman–Crippen LogP) is 3.65. The molecule has 1 aliphatic carbocycles. The van der Waals surface area contributed by atoms with Crippen LogP contribution >= 0.6 is 11.6 Å². The van der Waals surface area contributed by atoms with E-state index in [1.54, 1.807) is 41.5 Å². The summed E-state index contributed by atoms with van der Waals surface area (Å²) in [7, 11) is 0. The van der Waals surface area contributed by atoms with E-state index in [1.165, 1.54) is 0 Å². The van der Waals surface area contributed by atoms with Crippen molar-refractivity contribution in [2.75, 3.05) is 6.54 Å². The Labute approximate surface area is 197 Å². The van der Waals surface area contributed by atoms with Crippen LogP contribution in [0.5, 0.6) is 0 Å². The van der Waals surface area contributed by atoms with Gasteiger partial charge >= 0.3 is 0 Å². The number of aryl methyl sites for hydroxylation is 2. The summed E-state index contributed by atoms with van der Waals surface area (Å²) in [5.74, 6) is -1.10. The van der Waals surface area contributed by atoms with Gasteiger partial charge in [-0.15, -0.1) is 0 Å². The van der Waals surface area contributed by atoms with Gasteiger partial charge in [0.25, 0.3) is 5.91 Å². The minimum atomic E-state index is -0.747. The number of hydrogen-bond acceptors (Lipinski definition) is 5. The monoisotopic (exact) mass is 466 g/mol. The molecule has 2 heterocycles. The quantitative estimate of drug-likeness (QED) is 0.554. The van der Waals surface area contributed by atoms with Crippen molar-refractivity contribution in [3.8, 4) is 5.69 Å². The summed E-state index contributed by atoms with van der Waals surface area (Å²) in [6.07, 6.45) is 5.73. The van der Waals surface area contributed by atoms with E-state index >= 15 is 0 Å². The molecule has 0 aliphatic heterocycles. The normalized spacial score (nSPS) is 20.2. The second-order valence-corrected chi connectivity index (χ2v) is 8.87. The molecule has 1 aromatic carbocycles. The lowest BCUT2D eigenvalue weighted by Gasteiger charge is -2.21. The molecule has 2 aromatic heterocycles. The molecule has 1 amide bonds. The van der Waals surface area contributed by atoms with Gasteiger partial charge in [-0.3, -0.25) is 14.6 Å². The summed E-state index contributed by atoms with van der Waals surface area (Å²) in [5, 5.41) is 18.5. The Morgan fingerprint density at radius 1 is 1.33 bits per heavy atom. The molecule has 4 rings (SSSR count). The van der Waals surface area contributed by atoms with E-state index in [4.69, 9.17) is 11.6 Å². The van der Waals surface area contributed by atoms with Crippen molar-refractivity contribution in [1.82, 2.24) is 20.1 Å². The minimum absolute atomic E-state index is 0.0299. The van der Waals surface area contributed by atoms with E-state index in [9.17, 15) is 14.7 Å². The summed E-state index contributed by atoms with van der Waals surface area (Å²) in [4.78, 5) is 29.6. The van der Waals surface area contributed by atoms with E-state index in [-0.39, 0.29) is 17.6 Å². The van der Waals surface area contributed by atoms with Gasteiger partial charge < -0.3 is 10.4 Å². The zero-order valence-electron chi connectivity index (χ0n) is 18.7. The average molecular weight is 467 g/mol. The predicted molar refractivity (Wildman–Crippen MR) is 126 cm³/mol. The molecule has 0 radical (unpaired) electrons. The van der Waals surface area contributed by atoms with Crippen LogP contribution in [0.25, 0.3) is 5.69 Å². The first-order valence-corrected chi connectivity index (χ1v) is 11.5. The zero-order chi connectivity index (χ0) is 23.5. The van der Waals surface area contributed by atoms with Crippen LogP contribution in [0.3, 0.4) is 0 Å². The number of carbonyl (C=O) groups is 2. The first-order valence-electron chi connectivity index (χ1n) is 11.1. The van der Waals surface area contributed by atoms with Gasteiger partial charge in [0, 0.05) is 24.9 Å². The van der Waals surface area contributed by atoms with Crippen LogP contribution < -0.4 is 5.32 Å². The number of halogens is 1. The third-order valence-corrected chi connectivity index (χ3v) is 6.46. The van der Waals surface area contributed by atoms with E-state index in [2.05, 4.69) is 15.4 Å². The molecule has 8 heteroatoms. The molecular weight excluding hydrogens is 440 g/mol. The lowest BCUT2D eigenvalue weighted by molar-refractivity contribution is -0.122. The maximum absolute atomic E-state index is 13.3. The van der Waals surface area contributed by atoms with Crippen molar-refractivity contribution in [2.24, 2.45) is 5.92 Å². The Bertz CT molecular complexity index is 1160. The number of nitrogens with one attached hydrogen (secondary N) is 1. The van der Waals surface area contributed by atoms with Gasteiger partial charge in [0.05, 0.1) is 28.9 Å². The lowest BCUT2D eigenvalue weighted by atomic mass is 9.85. The second kappa shape index (κ2) is 9.85. The number of amides is 1. The second-order valence-electron chi connectivity index (χ2n) is 8.43. The number of Topliss-reactive ketones (excluding diaryl/α,β-unsaturated/α-hetero) is 1. The summed E-state index contributed by atoms with van der Waals surface area (Å²) in [6.45, 7) is 4.35. The average Bonchev–Trinajstić information content (AvgIpc) is 3.36. The summed E-state index contributed by atoms with van der Waals surface area (Å²) >= 11 is 6.02. The van der Waals surface area contributed by atoms with Gasteiger partial charge in [0.2, 0.25) is 0 Å². The smallest absolute Gasteiger partial charge is 0.269 e. The molecule has 1 saturated carbocycles. The number of ketones is 1. The number of aliphatic hydroxyl groups excluding tert-OH is 1. The molecule has 2 N–H and O–H groups in total. The Hall–Kier alpha value is -3.03. The number of benzene rings is 1. The van der Waals surface area contributed by atoms with Crippen LogP contribution in [0.15, 0.2) is 48.9 Å². The number of pyridine rings is 1. The highest BCUT2D eigenvalue weighted by atomic mass is 35.5.